The zero-order valence-electron chi connectivity index (χ0n) is 15.4. The minimum Gasteiger partial charge on any atom is -0.436 e. The van der Waals surface area contributed by atoms with Crippen LogP contribution in [0, 0.1) is 10.1 Å². The number of nitrogens with zero attached hydrogens (tertiary/aromatic N) is 2. The van der Waals surface area contributed by atoms with Crippen LogP contribution in [-0.4, -0.2) is 18.3 Å². The van der Waals surface area contributed by atoms with Crippen molar-refractivity contribution in [3.8, 4) is 22.8 Å². The van der Waals surface area contributed by atoms with Crippen molar-refractivity contribution < 1.29 is 17.8 Å². The molecule has 0 radical (unpaired) electrons. The van der Waals surface area contributed by atoms with Crippen molar-refractivity contribution in [2.75, 3.05) is 4.72 Å². The monoisotopic (exact) mass is 421 g/mol. The van der Waals surface area contributed by atoms with Gasteiger partial charge in [-0.2, -0.15) is 0 Å². The van der Waals surface area contributed by atoms with Gasteiger partial charge in [0.15, 0.2) is 5.76 Å². The van der Waals surface area contributed by atoms with E-state index in [1.807, 2.05) is 30.3 Å². The molecule has 1 aromatic heterocycles. The van der Waals surface area contributed by atoms with E-state index in [9.17, 15) is 18.5 Å². The molecule has 0 aliphatic carbocycles. The summed E-state index contributed by atoms with van der Waals surface area (Å²) in [6, 6.07) is 20.8. The number of nitro benzene ring substituents is 1. The average molecular weight is 421 g/mol. The molecule has 8 nitrogen and oxygen atoms in total. The van der Waals surface area contributed by atoms with Gasteiger partial charge in [-0.15, -0.1) is 0 Å². The van der Waals surface area contributed by atoms with Gasteiger partial charge < -0.3 is 4.42 Å². The largest absolute Gasteiger partial charge is 0.436 e. The maximum atomic E-state index is 12.6. The first-order chi connectivity index (χ1) is 14.4. The highest BCUT2D eigenvalue weighted by atomic mass is 32.2. The molecule has 1 heterocycles. The topological polar surface area (TPSA) is 115 Å². The summed E-state index contributed by atoms with van der Waals surface area (Å²) >= 11 is 0. The van der Waals surface area contributed by atoms with E-state index >= 15 is 0 Å². The van der Waals surface area contributed by atoms with Gasteiger partial charge in [-0.3, -0.25) is 14.8 Å². The molecule has 9 heteroatoms. The van der Waals surface area contributed by atoms with E-state index in [1.165, 1.54) is 30.3 Å². The lowest BCUT2D eigenvalue weighted by Gasteiger charge is -2.08. The third kappa shape index (κ3) is 4.06. The Kier molecular flexibility index (Phi) is 5.03. The van der Waals surface area contributed by atoms with E-state index < -0.39 is 14.9 Å². The molecule has 1 N–H and O–H groups in total. The SMILES string of the molecule is O=[N+]([O-])c1cccc(NS(=O)(=O)c2ccc(-c3ncc(-c4ccccc4)o3)cc2)c1. The van der Waals surface area contributed by atoms with E-state index in [0.29, 0.717) is 17.2 Å². The number of nitro groups is 1. The number of rotatable bonds is 6. The molecule has 0 saturated carbocycles. The molecule has 0 atom stereocenters. The quantitative estimate of drug-likeness (QED) is 0.356. The molecule has 0 amide bonds. The second kappa shape index (κ2) is 7.80. The first-order valence-electron chi connectivity index (χ1n) is 8.81. The van der Waals surface area contributed by atoms with Gasteiger partial charge in [-0.1, -0.05) is 36.4 Å². The summed E-state index contributed by atoms with van der Waals surface area (Å²) in [7, 11) is -3.92. The Morgan fingerprint density at radius 2 is 1.63 bits per heavy atom. The Hall–Kier alpha value is -3.98. The Morgan fingerprint density at radius 1 is 0.900 bits per heavy atom. The number of hydrogen-bond acceptors (Lipinski definition) is 6. The zero-order chi connectivity index (χ0) is 21.1. The van der Waals surface area contributed by atoms with Crippen LogP contribution < -0.4 is 4.72 Å². The smallest absolute Gasteiger partial charge is 0.271 e. The second-order valence-electron chi connectivity index (χ2n) is 6.33. The molecule has 0 aliphatic heterocycles. The highest BCUT2D eigenvalue weighted by Gasteiger charge is 2.17. The van der Waals surface area contributed by atoms with Crippen molar-refractivity contribution in [3.05, 3.63) is 95.2 Å². The van der Waals surface area contributed by atoms with Crippen LogP contribution in [-0.2, 0) is 10.0 Å². The van der Waals surface area contributed by atoms with Crippen molar-refractivity contribution in [2.24, 2.45) is 0 Å². The van der Waals surface area contributed by atoms with Gasteiger partial charge in [0, 0.05) is 23.3 Å². The van der Waals surface area contributed by atoms with Crippen LogP contribution >= 0.6 is 0 Å². The summed E-state index contributed by atoms with van der Waals surface area (Å²) < 4.78 is 33.3. The van der Waals surface area contributed by atoms with Crippen molar-refractivity contribution in [1.29, 1.82) is 0 Å². The minimum absolute atomic E-state index is 0.00703. The molecule has 150 valence electrons. The summed E-state index contributed by atoms with van der Waals surface area (Å²) in [5.41, 5.74) is 1.40. The van der Waals surface area contributed by atoms with E-state index in [1.54, 1.807) is 18.3 Å². The summed E-state index contributed by atoms with van der Waals surface area (Å²) in [4.78, 5) is 14.5. The fraction of sp³-hybridized carbons (Fsp3) is 0. The van der Waals surface area contributed by atoms with Gasteiger partial charge in [0.1, 0.15) is 0 Å². The van der Waals surface area contributed by atoms with Crippen LogP contribution in [0.4, 0.5) is 11.4 Å². The first-order valence-corrected chi connectivity index (χ1v) is 10.3. The predicted molar refractivity (Wildman–Crippen MR) is 111 cm³/mol. The maximum absolute atomic E-state index is 12.6. The van der Waals surface area contributed by atoms with E-state index in [2.05, 4.69) is 9.71 Å². The number of benzene rings is 3. The van der Waals surface area contributed by atoms with Crippen molar-refractivity contribution in [2.45, 2.75) is 4.90 Å². The van der Waals surface area contributed by atoms with Gasteiger partial charge in [-0.25, -0.2) is 13.4 Å². The standard InChI is InChI=1S/C21H15N3O5S/c25-24(26)18-8-4-7-17(13-18)23-30(27,28)19-11-9-16(10-12-19)21-22-14-20(29-21)15-5-2-1-3-6-15/h1-14,23H. The Balaban J connectivity index is 1.55. The van der Waals surface area contributed by atoms with Crippen LogP contribution in [0.2, 0.25) is 0 Å². The van der Waals surface area contributed by atoms with E-state index in [0.717, 1.165) is 11.6 Å². The number of anilines is 1. The second-order valence-corrected chi connectivity index (χ2v) is 8.02. The van der Waals surface area contributed by atoms with Crippen molar-refractivity contribution in [3.63, 3.8) is 0 Å². The van der Waals surface area contributed by atoms with Crippen molar-refractivity contribution in [1.82, 2.24) is 4.98 Å². The lowest BCUT2D eigenvalue weighted by molar-refractivity contribution is -0.384. The molecule has 0 bridgehead atoms. The molecular weight excluding hydrogens is 406 g/mol. The summed E-state index contributed by atoms with van der Waals surface area (Å²) in [6.45, 7) is 0. The van der Waals surface area contributed by atoms with Gasteiger partial charge in [0.25, 0.3) is 15.7 Å². The number of non-ortho nitro benzene ring substituents is 1. The van der Waals surface area contributed by atoms with Gasteiger partial charge >= 0.3 is 0 Å². The van der Waals surface area contributed by atoms with Crippen molar-refractivity contribution >= 4 is 21.4 Å². The Bertz CT molecular complexity index is 1300. The van der Waals surface area contributed by atoms with E-state index in [-0.39, 0.29) is 16.3 Å². The normalized spacial score (nSPS) is 11.2. The molecule has 0 spiro atoms. The van der Waals surface area contributed by atoms with Crippen LogP contribution in [0.1, 0.15) is 0 Å². The molecule has 0 fully saturated rings. The summed E-state index contributed by atoms with van der Waals surface area (Å²) in [5.74, 6) is 0.971. The molecule has 3 aromatic carbocycles. The average Bonchev–Trinajstić information content (AvgIpc) is 3.25. The molecule has 0 aliphatic rings. The third-order valence-electron chi connectivity index (χ3n) is 4.28. The number of aromatic nitrogens is 1. The summed E-state index contributed by atoms with van der Waals surface area (Å²) in [6.07, 6.45) is 1.61. The molecule has 4 aromatic rings. The number of hydrogen-bond donors (Lipinski definition) is 1. The van der Waals surface area contributed by atoms with Gasteiger partial charge in [0.05, 0.1) is 21.7 Å². The lowest BCUT2D eigenvalue weighted by Crippen LogP contribution is -2.12. The number of nitrogens with one attached hydrogen (secondary N) is 1. The lowest BCUT2D eigenvalue weighted by atomic mass is 10.2. The molecule has 30 heavy (non-hydrogen) atoms. The predicted octanol–water partition coefficient (Wildman–Crippen LogP) is 4.72. The van der Waals surface area contributed by atoms with Crippen LogP contribution in [0.5, 0.6) is 0 Å². The summed E-state index contributed by atoms with van der Waals surface area (Å²) in [5, 5.41) is 10.9. The molecule has 4 rings (SSSR count). The van der Waals surface area contributed by atoms with Crippen LogP contribution in [0.15, 0.2) is 94.4 Å². The molecule has 0 saturated heterocycles. The van der Waals surface area contributed by atoms with E-state index in [4.69, 9.17) is 4.42 Å². The zero-order valence-corrected chi connectivity index (χ0v) is 16.2. The van der Waals surface area contributed by atoms with Crippen LogP contribution in [0.25, 0.3) is 22.8 Å². The maximum Gasteiger partial charge on any atom is 0.271 e. The van der Waals surface area contributed by atoms with Gasteiger partial charge in [-0.05, 0) is 30.3 Å². The molecule has 0 unspecified atom stereocenters. The number of sulfonamides is 1. The van der Waals surface area contributed by atoms with Gasteiger partial charge in [0.2, 0.25) is 5.89 Å². The fourth-order valence-corrected chi connectivity index (χ4v) is 3.87. The minimum atomic E-state index is -3.92. The number of oxazole rings is 1. The third-order valence-corrected chi connectivity index (χ3v) is 5.68. The van der Waals surface area contributed by atoms with Crippen LogP contribution in [0.3, 0.4) is 0 Å². The highest BCUT2D eigenvalue weighted by molar-refractivity contribution is 7.92. The Labute approximate surface area is 172 Å². The fourth-order valence-electron chi connectivity index (χ4n) is 2.82. The molecular formula is C21H15N3O5S. The highest BCUT2D eigenvalue weighted by Crippen LogP contribution is 2.27. The first kappa shape index (κ1) is 19.3. The Morgan fingerprint density at radius 3 is 2.33 bits per heavy atom.